The molecule has 0 aliphatic carbocycles. The Kier molecular flexibility index (Phi) is 7.31. The first kappa shape index (κ1) is 30.1. The molecule has 10 nitrogen and oxygen atoms in total. The Balaban J connectivity index is 1.77. The third-order valence-electron chi connectivity index (χ3n) is 8.61. The topological polar surface area (TPSA) is 125 Å². The predicted octanol–water partition coefficient (Wildman–Crippen LogP) is 4.82. The zero-order valence-corrected chi connectivity index (χ0v) is 26.0. The Morgan fingerprint density at radius 1 is 1.16 bits per heavy atom. The number of hydrogen-bond donors (Lipinski definition) is 2. The molecule has 0 unspecified atom stereocenters. The van der Waals surface area contributed by atoms with Crippen molar-refractivity contribution in [1.82, 2.24) is 14.5 Å². The van der Waals surface area contributed by atoms with E-state index in [0.717, 1.165) is 5.56 Å². The lowest BCUT2D eigenvalue weighted by molar-refractivity contribution is -0.129. The molecule has 2 aliphatic heterocycles. The Labute approximate surface area is 263 Å². The number of amides is 2. The number of anilines is 3. The minimum Gasteiger partial charge on any atom is -0.507 e. The van der Waals surface area contributed by atoms with Crippen molar-refractivity contribution in [1.29, 1.82) is 0 Å². The first-order chi connectivity index (χ1) is 21.4. The molecule has 12 heteroatoms. The Morgan fingerprint density at radius 2 is 1.87 bits per heavy atom. The van der Waals surface area contributed by atoms with Crippen LogP contribution in [0.2, 0.25) is 5.02 Å². The highest BCUT2D eigenvalue weighted by Crippen LogP contribution is 2.45. The van der Waals surface area contributed by atoms with E-state index >= 15 is 4.39 Å². The van der Waals surface area contributed by atoms with Gasteiger partial charge in [0, 0.05) is 25.0 Å². The zero-order valence-electron chi connectivity index (χ0n) is 25.2. The number of piperazine rings is 1. The van der Waals surface area contributed by atoms with Crippen molar-refractivity contribution in [2.24, 2.45) is 0 Å². The second-order valence-electron chi connectivity index (χ2n) is 11.7. The minimum atomic E-state index is -0.810. The van der Waals surface area contributed by atoms with E-state index in [4.69, 9.17) is 22.3 Å². The summed E-state index contributed by atoms with van der Waals surface area (Å²) >= 11 is 6.82. The molecule has 2 amide bonds. The van der Waals surface area contributed by atoms with E-state index in [9.17, 15) is 19.5 Å². The number of fused-ring (bicyclic) bond motifs is 5. The Bertz CT molecular complexity index is 1970. The number of carbonyl (C=O) groups excluding carboxylic acids is 2. The molecule has 2 atom stereocenters. The third-order valence-corrected chi connectivity index (χ3v) is 8.90. The molecule has 0 radical (unpaired) electrons. The van der Waals surface area contributed by atoms with Crippen LogP contribution in [0.15, 0.2) is 59.9 Å². The molecule has 1 saturated heterocycles. The molecule has 232 valence electrons. The number of benzene rings is 2. The van der Waals surface area contributed by atoms with Gasteiger partial charge >= 0.3 is 0 Å². The van der Waals surface area contributed by atoms with Gasteiger partial charge in [-0.2, -0.15) is 0 Å². The number of nitrogens with zero attached hydrogens (tertiary/aromatic N) is 5. The van der Waals surface area contributed by atoms with Gasteiger partial charge in [0.15, 0.2) is 5.65 Å². The van der Waals surface area contributed by atoms with E-state index < -0.39 is 23.5 Å². The SMILES string of the molecule is C=CC(=O)N1C[C@@H]2C(=O)N(C)c3c(c4cc(Cl)c(-c5c(O)cccc5F)nc4n(-c4c(N)cccc4C(C)C)c3=O)N2[C@@H](C)C1. The largest absolute Gasteiger partial charge is 0.507 e. The lowest BCUT2D eigenvalue weighted by Crippen LogP contribution is -2.66. The van der Waals surface area contributed by atoms with E-state index in [-0.39, 0.29) is 64.2 Å². The number of likely N-dealkylation sites (N-methyl/N-ethyl adjacent to an activating group) is 1. The number of phenolic OH excluding ortho intramolecular Hbond substituents is 1. The maximum Gasteiger partial charge on any atom is 0.283 e. The first-order valence-electron chi connectivity index (χ1n) is 14.5. The van der Waals surface area contributed by atoms with Crippen molar-refractivity contribution in [2.75, 3.05) is 35.7 Å². The van der Waals surface area contributed by atoms with Gasteiger partial charge in [0.05, 0.1) is 39.9 Å². The summed E-state index contributed by atoms with van der Waals surface area (Å²) in [6.07, 6.45) is 1.21. The highest BCUT2D eigenvalue weighted by atomic mass is 35.5. The normalized spacial score (nSPS) is 17.9. The van der Waals surface area contributed by atoms with Crippen LogP contribution in [-0.2, 0) is 9.59 Å². The summed E-state index contributed by atoms with van der Waals surface area (Å²) in [4.78, 5) is 50.8. The van der Waals surface area contributed by atoms with Crippen LogP contribution >= 0.6 is 11.6 Å². The van der Waals surface area contributed by atoms with Gasteiger partial charge in [-0.05, 0) is 48.7 Å². The summed E-state index contributed by atoms with van der Waals surface area (Å²) < 4.78 is 16.5. The predicted molar refractivity (Wildman–Crippen MR) is 174 cm³/mol. The molecule has 2 aliphatic rings. The molecule has 45 heavy (non-hydrogen) atoms. The summed E-state index contributed by atoms with van der Waals surface area (Å²) in [7, 11) is 1.52. The molecule has 1 fully saturated rings. The highest BCUT2D eigenvalue weighted by molar-refractivity contribution is 6.34. The van der Waals surface area contributed by atoms with Gasteiger partial charge in [-0.1, -0.05) is 50.2 Å². The number of phenols is 1. The van der Waals surface area contributed by atoms with Crippen molar-refractivity contribution >= 4 is 51.5 Å². The zero-order chi connectivity index (χ0) is 32.5. The summed E-state index contributed by atoms with van der Waals surface area (Å²) in [6, 6.07) is 9.54. The quantitative estimate of drug-likeness (QED) is 0.245. The van der Waals surface area contributed by atoms with Crippen LogP contribution in [0.25, 0.3) is 28.0 Å². The molecule has 0 spiro atoms. The fourth-order valence-corrected chi connectivity index (χ4v) is 6.80. The van der Waals surface area contributed by atoms with Gasteiger partial charge in [-0.25, -0.2) is 9.37 Å². The molecule has 6 rings (SSSR count). The number of nitrogen functional groups attached to an aromatic ring is 1. The number of para-hydroxylation sites is 1. The molecule has 0 bridgehead atoms. The van der Waals surface area contributed by atoms with Gasteiger partial charge in [0.2, 0.25) is 5.91 Å². The molecule has 0 saturated carbocycles. The van der Waals surface area contributed by atoms with Crippen LogP contribution in [0, 0.1) is 5.82 Å². The number of carbonyl (C=O) groups is 2. The molecule has 4 aromatic rings. The van der Waals surface area contributed by atoms with E-state index in [1.54, 1.807) is 23.1 Å². The smallest absolute Gasteiger partial charge is 0.283 e. The summed E-state index contributed by atoms with van der Waals surface area (Å²) in [5, 5.41) is 11.1. The Morgan fingerprint density at radius 3 is 2.53 bits per heavy atom. The molecule has 2 aromatic heterocycles. The van der Waals surface area contributed by atoms with Gasteiger partial charge in [-0.15, -0.1) is 0 Å². The van der Waals surface area contributed by atoms with Crippen molar-refractivity contribution in [3.63, 3.8) is 0 Å². The van der Waals surface area contributed by atoms with Crippen LogP contribution in [0.1, 0.15) is 32.3 Å². The highest BCUT2D eigenvalue weighted by Gasteiger charge is 2.46. The molecular formula is C33H32ClFN6O4. The minimum absolute atomic E-state index is 0.0182. The number of aromatic nitrogens is 2. The van der Waals surface area contributed by atoms with E-state index in [0.29, 0.717) is 22.4 Å². The lowest BCUT2D eigenvalue weighted by Gasteiger charge is -2.50. The first-order valence-corrected chi connectivity index (χ1v) is 14.9. The summed E-state index contributed by atoms with van der Waals surface area (Å²) in [5.74, 6) is -1.86. The maximum absolute atomic E-state index is 15.2. The second-order valence-corrected chi connectivity index (χ2v) is 12.1. The number of hydrogen-bond acceptors (Lipinski definition) is 7. The number of nitrogens with two attached hydrogens (primary N) is 1. The van der Waals surface area contributed by atoms with Gasteiger partial charge in [-0.3, -0.25) is 19.0 Å². The van der Waals surface area contributed by atoms with Crippen LogP contribution in [0.5, 0.6) is 5.75 Å². The van der Waals surface area contributed by atoms with E-state index in [1.165, 1.54) is 40.8 Å². The summed E-state index contributed by atoms with van der Waals surface area (Å²) in [6.45, 7) is 9.72. The van der Waals surface area contributed by atoms with E-state index in [2.05, 4.69) is 6.58 Å². The number of halogens is 2. The fourth-order valence-electron chi connectivity index (χ4n) is 6.55. The maximum atomic E-state index is 15.2. The number of aromatic hydroxyl groups is 1. The van der Waals surface area contributed by atoms with Crippen LogP contribution in [0.4, 0.5) is 21.5 Å². The monoisotopic (exact) mass is 630 g/mol. The second kappa shape index (κ2) is 10.9. The molecule has 3 N–H and O–H groups in total. The molecular weight excluding hydrogens is 599 g/mol. The van der Waals surface area contributed by atoms with Gasteiger partial charge in [0.1, 0.15) is 23.3 Å². The van der Waals surface area contributed by atoms with Gasteiger partial charge in [0.25, 0.3) is 11.5 Å². The lowest BCUT2D eigenvalue weighted by atomic mass is 9.96. The van der Waals surface area contributed by atoms with Crippen molar-refractivity contribution < 1.29 is 19.1 Å². The van der Waals surface area contributed by atoms with Crippen LogP contribution in [-0.4, -0.2) is 63.6 Å². The average molecular weight is 631 g/mol. The number of rotatable bonds is 4. The van der Waals surface area contributed by atoms with Crippen LogP contribution < -0.4 is 21.1 Å². The van der Waals surface area contributed by atoms with Crippen molar-refractivity contribution in [2.45, 2.75) is 38.8 Å². The molecule has 4 heterocycles. The standard InChI is InChI=1S/C33H32ClFN6O4/c1-6-25(43)39-14-17(4)40-23(15-39)32(44)38(5)30-29(40)19-13-20(34)27(26-21(35)10-8-12-24(26)42)37-31(19)41(33(30)45)28-18(16(2)3)9-7-11-22(28)36/h6-13,16-17,23,42H,1,14-15,36H2,2-5H3/t17-,23+/m0/s1. The van der Waals surface area contributed by atoms with Gasteiger partial charge < -0.3 is 25.5 Å². The summed E-state index contributed by atoms with van der Waals surface area (Å²) in [5.41, 5.74) is 7.73. The van der Waals surface area contributed by atoms with E-state index in [1.807, 2.05) is 31.7 Å². The fraction of sp³-hybridized carbons (Fsp3) is 0.273. The van der Waals surface area contributed by atoms with Crippen molar-refractivity contribution in [3.8, 4) is 22.7 Å². The average Bonchev–Trinajstić information content (AvgIpc) is 2.99. The van der Waals surface area contributed by atoms with Crippen molar-refractivity contribution in [3.05, 3.63) is 81.9 Å². The molecule has 2 aromatic carbocycles. The third kappa shape index (κ3) is 4.52. The van der Waals surface area contributed by atoms with Crippen LogP contribution in [0.3, 0.4) is 0 Å². The Hall–Kier alpha value is -4.90. The number of pyridine rings is 2.